The quantitative estimate of drug-likeness (QED) is 0.334. The average molecular weight is 447 g/mol. The molecule has 0 saturated carbocycles. The number of rotatable bonds is 9. The number of carboxylic acid groups (broad SMARTS) is 1. The smallest absolute Gasteiger partial charge is 0.341 e. The Bertz CT molecular complexity index is 1100. The molecular formula is C23H25N7O3. The molecule has 2 aromatic carbocycles. The van der Waals surface area contributed by atoms with Crippen LogP contribution in [0.5, 0.6) is 5.75 Å². The molecule has 0 atom stereocenters. The lowest BCUT2D eigenvalue weighted by Crippen LogP contribution is -2.31. The van der Waals surface area contributed by atoms with Crippen LogP contribution in [-0.4, -0.2) is 51.9 Å². The van der Waals surface area contributed by atoms with Gasteiger partial charge in [-0.05, 0) is 49.1 Å². The van der Waals surface area contributed by atoms with E-state index in [2.05, 4.69) is 35.7 Å². The molecule has 0 bridgehead atoms. The van der Waals surface area contributed by atoms with E-state index in [9.17, 15) is 4.79 Å². The fourth-order valence-electron chi connectivity index (χ4n) is 3.35. The molecule has 0 spiro atoms. The Morgan fingerprint density at radius 1 is 1.03 bits per heavy atom. The van der Waals surface area contributed by atoms with Crippen LogP contribution in [-0.2, 0) is 4.79 Å². The van der Waals surface area contributed by atoms with Gasteiger partial charge in [0.15, 0.2) is 6.61 Å². The maximum Gasteiger partial charge on any atom is 0.341 e. The molecule has 10 heteroatoms. The molecule has 10 nitrogen and oxygen atoms in total. The maximum absolute atomic E-state index is 10.7. The van der Waals surface area contributed by atoms with Gasteiger partial charge in [-0.3, -0.25) is 0 Å². The first kappa shape index (κ1) is 22.0. The van der Waals surface area contributed by atoms with Crippen molar-refractivity contribution in [2.24, 2.45) is 5.10 Å². The lowest BCUT2D eigenvalue weighted by molar-refractivity contribution is -0.139. The molecule has 170 valence electrons. The van der Waals surface area contributed by atoms with Gasteiger partial charge in [0.2, 0.25) is 17.8 Å². The van der Waals surface area contributed by atoms with Crippen LogP contribution >= 0.6 is 0 Å². The molecule has 0 aliphatic carbocycles. The first-order chi connectivity index (χ1) is 16.2. The predicted molar refractivity (Wildman–Crippen MR) is 126 cm³/mol. The van der Waals surface area contributed by atoms with Crippen LogP contribution in [0.3, 0.4) is 0 Å². The number of nitrogens with zero attached hydrogens (tertiary/aromatic N) is 5. The number of aromatic nitrogens is 3. The third kappa shape index (κ3) is 6.63. The van der Waals surface area contributed by atoms with E-state index in [-0.39, 0.29) is 0 Å². The van der Waals surface area contributed by atoms with Gasteiger partial charge in [-0.1, -0.05) is 30.3 Å². The Morgan fingerprint density at radius 3 is 2.61 bits per heavy atom. The molecule has 1 aromatic heterocycles. The third-order valence-corrected chi connectivity index (χ3v) is 4.89. The van der Waals surface area contributed by atoms with Gasteiger partial charge in [0.1, 0.15) is 5.75 Å². The van der Waals surface area contributed by atoms with E-state index in [1.54, 1.807) is 24.4 Å². The number of hydrazone groups is 1. The van der Waals surface area contributed by atoms with Gasteiger partial charge in [0, 0.05) is 18.8 Å². The first-order valence-corrected chi connectivity index (χ1v) is 10.7. The maximum atomic E-state index is 10.7. The van der Waals surface area contributed by atoms with Gasteiger partial charge >= 0.3 is 5.97 Å². The normalized spacial score (nSPS) is 13.6. The highest BCUT2D eigenvalue weighted by molar-refractivity contribution is 5.80. The summed E-state index contributed by atoms with van der Waals surface area (Å²) >= 11 is 0. The van der Waals surface area contributed by atoms with Crippen LogP contribution in [0.2, 0.25) is 0 Å². The van der Waals surface area contributed by atoms with Gasteiger partial charge in [0.25, 0.3) is 0 Å². The van der Waals surface area contributed by atoms with Crippen LogP contribution in [0.4, 0.5) is 23.5 Å². The summed E-state index contributed by atoms with van der Waals surface area (Å²) in [6, 6.07) is 16.7. The number of benzene rings is 2. The molecule has 0 radical (unpaired) electrons. The second-order valence-corrected chi connectivity index (χ2v) is 7.45. The molecular weight excluding hydrogens is 422 g/mol. The van der Waals surface area contributed by atoms with Crippen molar-refractivity contribution in [1.29, 1.82) is 0 Å². The summed E-state index contributed by atoms with van der Waals surface area (Å²) in [6.45, 7) is 1.40. The zero-order valence-electron chi connectivity index (χ0n) is 18.0. The molecule has 0 unspecified atom stereocenters. The van der Waals surface area contributed by atoms with Crippen LogP contribution < -0.4 is 20.4 Å². The molecule has 33 heavy (non-hydrogen) atoms. The van der Waals surface area contributed by atoms with Crippen LogP contribution in [0.15, 0.2) is 59.7 Å². The van der Waals surface area contributed by atoms with Crippen molar-refractivity contribution in [3.05, 3.63) is 60.2 Å². The van der Waals surface area contributed by atoms with Crippen molar-refractivity contribution < 1.29 is 14.6 Å². The number of carbonyl (C=O) groups is 1. The molecule has 1 fully saturated rings. The average Bonchev–Trinajstić information content (AvgIpc) is 2.84. The molecule has 3 N–H and O–H groups in total. The zero-order chi connectivity index (χ0) is 22.9. The minimum Gasteiger partial charge on any atom is -0.482 e. The monoisotopic (exact) mass is 447 g/mol. The van der Waals surface area contributed by atoms with E-state index in [1.807, 2.05) is 36.4 Å². The topological polar surface area (TPSA) is 125 Å². The lowest BCUT2D eigenvalue weighted by atomic mass is 10.1. The fourth-order valence-corrected chi connectivity index (χ4v) is 3.35. The summed E-state index contributed by atoms with van der Waals surface area (Å²) in [4.78, 5) is 26.4. The highest BCUT2D eigenvalue weighted by Gasteiger charge is 2.16. The number of hydrogen-bond donors (Lipinski definition) is 3. The minimum absolute atomic E-state index is 0.318. The molecule has 1 aliphatic rings. The molecule has 4 rings (SSSR count). The number of piperidine rings is 1. The minimum atomic E-state index is -1.03. The van der Waals surface area contributed by atoms with Gasteiger partial charge in [0.05, 0.1) is 6.21 Å². The summed E-state index contributed by atoms with van der Waals surface area (Å²) in [5, 5.41) is 16.2. The summed E-state index contributed by atoms with van der Waals surface area (Å²) in [5.41, 5.74) is 4.48. The largest absolute Gasteiger partial charge is 0.482 e. The zero-order valence-corrected chi connectivity index (χ0v) is 18.0. The summed E-state index contributed by atoms with van der Waals surface area (Å²) in [7, 11) is 0. The number of nitrogens with one attached hydrogen (secondary N) is 2. The van der Waals surface area contributed by atoms with Crippen LogP contribution in [0.25, 0.3) is 0 Å². The highest BCUT2D eigenvalue weighted by Crippen LogP contribution is 2.20. The predicted octanol–water partition coefficient (Wildman–Crippen LogP) is 3.51. The van der Waals surface area contributed by atoms with Crippen molar-refractivity contribution in [3.8, 4) is 5.75 Å². The lowest BCUT2D eigenvalue weighted by Gasteiger charge is -2.26. The number of hydrogen-bond acceptors (Lipinski definition) is 9. The Labute approximate surface area is 191 Å². The number of para-hydroxylation sites is 1. The van der Waals surface area contributed by atoms with Crippen LogP contribution in [0, 0.1) is 0 Å². The molecule has 1 saturated heterocycles. The number of aliphatic carboxylic acids is 1. The van der Waals surface area contributed by atoms with E-state index >= 15 is 0 Å². The Morgan fingerprint density at radius 2 is 1.82 bits per heavy atom. The Hall–Kier alpha value is -4.21. The Balaban J connectivity index is 1.50. The number of carboxylic acids is 1. The van der Waals surface area contributed by atoms with Crippen LogP contribution in [0.1, 0.15) is 24.8 Å². The van der Waals surface area contributed by atoms with Gasteiger partial charge < -0.3 is 20.1 Å². The van der Waals surface area contributed by atoms with Gasteiger partial charge in [-0.25, -0.2) is 10.2 Å². The van der Waals surface area contributed by atoms with Crippen molar-refractivity contribution >= 4 is 35.7 Å². The Kier molecular flexibility index (Phi) is 7.26. The van der Waals surface area contributed by atoms with E-state index in [4.69, 9.17) is 9.84 Å². The summed E-state index contributed by atoms with van der Waals surface area (Å²) in [5.74, 6) is 0.764. The van der Waals surface area contributed by atoms with Crippen molar-refractivity contribution in [3.63, 3.8) is 0 Å². The van der Waals surface area contributed by atoms with E-state index in [0.717, 1.165) is 37.2 Å². The standard InChI is InChI=1S/C23H25N7O3/c31-20(32)16-33-19-11-7-8-17(14-19)15-24-29-22-26-21(25-18-9-3-1-4-10-18)27-23(28-22)30-12-5-2-6-13-30/h1,3-4,7-11,14-15H,2,5-6,12-13,16H2,(H,31,32)(H2,25,26,27,28,29). The van der Waals surface area contributed by atoms with E-state index in [0.29, 0.717) is 23.6 Å². The number of ether oxygens (including phenoxy) is 1. The summed E-state index contributed by atoms with van der Waals surface area (Å²) in [6.07, 6.45) is 5.01. The van der Waals surface area contributed by atoms with E-state index < -0.39 is 12.6 Å². The molecule has 2 heterocycles. The second-order valence-electron chi connectivity index (χ2n) is 7.45. The summed E-state index contributed by atoms with van der Waals surface area (Å²) < 4.78 is 5.20. The SMILES string of the molecule is O=C(O)COc1cccc(C=NNc2nc(Nc3ccccc3)nc(N3CCCCC3)n2)c1. The molecule has 0 amide bonds. The third-order valence-electron chi connectivity index (χ3n) is 4.89. The van der Waals surface area contributed by atoms with Crippen molar-refractivity contribution in [2.75, 3.05) is 35.3 Å². The first-order valence-electron chi connectivity index (χ1n) is 10.7. The van der Waals surface area contributed by atoms with Crippen molar-refractivity contribution in [1.82, 2.24) is 15.0 Å². The second kappa shape index (κ2) is 10.9. The highest BCUT2D eigenvalue weighted by atomic mass is 16.5. The molecule has 1 aliphatic heterocycles. The fraction of sp³-hybridized carbons (Fsp3) is 0.261. The van der Waals surface area contributed by atoms with Crippen molar-refractivity contribution in [2.45, 2.75) is 19.3 Å². The van der Waals surface area contributed by atoms with E-state index in [1.165, 1.54) is 6.42 Å². The van der Waals surface area contributed by atoms with Gasteiger partial charge in [-0.15, -0.1) is 0 Å². The van der Waals surface area contributed by atoms with Gasteiger partial charge in [-0.2, -0.15) is 20.1 Å². The molecule has 3 aromatic rings. The number of anilines is 4.